The first-order valence-corrected chi connectivity index (χ1v) is 9.53. The average molecular weight is 410 g/mol. The molecule has 1 amide bonds. The third kappa shape index (κ3) is 4.85. The van der Waals surface area contributed by atoms with Crippen molar-refractivity contribution < 1.29 is 9.18 Å². The molecule has 1 heterocycles. The molecular formula is C23H21ClFN3O. The molecule has 1 aromatic heterocycles. The molecule has 29 heavy (non-hydrogen) atoms. The second kappa shape index (κ2) is 8.93. The number of nitrogens with zero attached hydrogens (tertiary/aromatic N) is 3. The number of aromatic nitrogens is 2. The normalized spacial score (nSPS) is 10.6. The lowest BCUT2D eigenvalue weighted by Crippen LogP contribution is -2.32. The molecule has 6 heteroatoms. The zero-order chi connectivity index (χ0) is 21.0. The van der Waals surface area contributed by atoms with Gasteiger partial charge in [0.15, 0.2) is 0 Å². The number of hydrogen-bond donors (Lipinski definition) is 0. The minimum atomic E-state index is -0.315. The van der Waals surface area contributed by atoms with E-state index >= 15 is 0 Å². The van der Waals surface area contributed by atoms with Crippen LogP contribution in [0, 0.1) is 32.0 Å². The van der Waals surface area contributed by atoms with E-state index in [9.17, 15) is 9.18 Å². The Morgan fingerprint density at radius 1 is 1.17 bits per heavy atom. The smallest absolute Gasteiger partial charge is 0.228 e. The van der Waals surface area contributed by atoms with E-state index in [1.807, 2.05) is 26.0 Å². The lowest BCUT2D eigenvalue weighted by Gasteiger charge is -2.20. The molecule has 0 unspecified atom stereocenters. The van der Waals surface area contributed by atoms with Crippen LogP contribution in [0.1, 0.15) is 22.5 Å². The molecule has 148 valence electrons. The van der Waals surface area contributed by atoms with Crippen LogP contribution in [-0.2, 0) is 17.8 Å². The number of terminal acetylenes is 1. The van der Waals surface area contributed by atoms with Crippen LogP contribution in [0.25, 0.3) is 5.69 Å². The number of amides is 1. The largest absolute Gasteiger partial charge is 0.327 e. The molecular weight excluding hydrogens is 389 g/mol. The molecule has 4 nitrogen and oxygen atoms in total. The third-order valence-electron chi connectivity index (χ3n) is 4.76. The predicted octanol–water partition coefficient (Wildman–Crippen LogP) is 4.49. The number of benzene rings is 2. The van der Waals surface area contributed by atoms with Crippen LogP contribution >= 0.6 is 11.6 Å². The second-order valence-electron chi connectivity index (χ2n) is 6.79. The molecule has 0 bridgehead atoms. The van der Waals surface area contributed by atoms with Gasteiger partial charge in [0.05, 0.1) is 24.3 Å². The third-order valence-corrected chi connectivity index (χ3v) is 5.01. The molecule has 0 N–H and O–H groups in total. The number of hydrogen-bond acceptors (Lipinski definition) is 2. The molecule has 0 saturated carbocycles. The Labute approximate surface area is 174 Å². The highest BCUT2D eigenvalue weighted by molar-refractivity contribution is 6.30. The Balaban J connectivity index is 1.81. The van der Waals surface area contributed by atoms with Gasteiger partial charge >= 0.3 is 0 Å². The number of carbonyl (C=O) groups is 1. The highest BCUT2D eigenvalue weighted by Gasteiger charge is 2.20. The van der Waals surface area contributed by atoms with Crippen molar-refractivity contribution in [3.8, 4) is 18.0 Å². The topological polar surface area (TPSA) is 38.1 Å². The Morgan fingerprint density at radius 3 is 2.45 bits per heavy atom. The molecule has 0 fully saturated rings. The Hall–Kier alpha value is -3.10. The van der Waals surface area contributed by atoms with Crippen LogP contribution in [0.3, 0.4) is 0 Å². The quantitative estimate of drug-likeness (QED) is 0.563. The fraction of sp³-hybridized carbons (Fsp3) is 0.217. The van der Waals surface area contributed by atoms with Crippen molar-refractivity contribution in [2.45, 2.75) is 26.8 Å². The van der Waals surface area contributed by atoms with E-state index < -0.39 is 0 Å². The Morgan fingerprint density at radius 2 is 1.83 bits per heavy atom. The van der Waals surface area contributed by atoms with Crippen molar-refractivity contribution >= 4 is 17.5 Å². The average Bonchev–Trinajstić information content (AvgIpc) is 2.98. The fourth-order valence-electron chi connectivity index (χ4n) is 3.18. The summed E-state index contributed by atoms with van der Waals surface area (Å²) >= 11 is 5.97. The highest BCUT2D eigenvalue weighted by atomic mass is 35.5. The van der Waals surface area contributed by atoms with E-state index in [-0.39, 0.29) is 24.7 Å². The molecule has 3 aromatic rings. The lowest BCUT2D eigenvalue weighted by atomic mass is 10.1. The SMILES string of the molecule is C#CCN(Cc1ccc(F)cc1)C(=O)Cc1c(C)nn(-c2ccc(Cl)cc2)c1C. The summed E-state index contributed by atoms with van der Waals surface area (Å²) in [6, 6.07) is 13.4. The summed E-state index contributed by atoms with van der Waals surface area (Å²) < 4.78 is 14.9. The number of rotatable bonds is 6. The van der Waals surface area contributed by atoms with Gasteiger partial charge in [-0.3, -0.25) is 4.79 Å². The summed E-state index contributed by atoms with van der Waals surface area (Å²) in [7, 11) is 0. The predicted molar refractivity (Wildman–Crippen MR) is 112 cm³/mol. The van der Waals surface area contributed by atoms with Gasteiger partial charge in [0.1, 0.15) is 5.82 Å². The van der Waals surface area contributed by atoms with Crippen molar-refractivity contribution in [2.24, 2.45) is 0 Å². The van der Waals surface area contributed by atoms with E-state index in [1.54, 1.807) is 33.8 Å². The van der Waals surface area contributed by atoms with Gasteiger partial charge < -0.3 is 4.90 Å². The molecule has 3 rings (SSSR count). The molecule has 0 atom stereocenters. The zero-order valence-electron chi connectivity index (χ0n) is 16.3. The maximum absolute atomic E-state index is 13.1. The van der Waals surface area contributed by atoms with Crippen LogP contribution in [0.5, 0.6) is 0 Å². The van der Waals surface area contributed by atoms with Crippen LogP contribution in [0.2, 0.25) is 5.02 Å². The van der Waals surface area contributed by atoms with Crippen LogP contribution in [-0.4, -0.2) is 27.1 Å². The molecule has 0 saturated heterocycles. The van der Waals surface area contributed by atoms with Crippen molar-refractivity contribution in [3.63, 3.8) is 0 Å². The fourth-order valence-corrected chi connectivity index (χ4v) is 3.31. The van der Waals surface area contributed by atoms with Crippen molar-refractivity contribution in [1.29, 1.82) is 0 Å². The van der Waals surface area contributed by atoms with Crippen LogP contribution in [0.4, 0.5) is 4.39 Å². The molecule has 0 aliphatic heterocycles. The van der Waals surface area contributed by atoms with E-state index in [4.69, 9.17) is 18.0 Å². The second-order valence-corrected chi connectivity index (χ2v) is 7.23. The van der Waals surface area contributed by atoms with Gasteiger partial charge in [0.25, 0.3) is 0 Å². The van der Waals surface area contributed by atoms with Gasteiger partial charge in [-0.25, -0.2) is 9.07 Å². The van der Waals surface area contributed by atoms with Crippen molar-refractivity contribution in [3.05, 3.63) is 81.9 Å². The summed E-state index contributed by atoms with van der Waals surface area (Å²) in [6.45, 7) is 4.32. The maximum atomic E-state index is 13.1. The Bertz CT molecular complexity index is 1050. The Kier molecular flexibility index (Phi) is 6.36. The molecule has 0 radical (unpaired) electrons. The minimum absolute atomic E-state index is 0.103. The standard InChI is InChI=1S/C23H21ClFN3O/c1-4-13-27(15-18-5-9-20(25)10-6-18)23(29)14-22-16(2)26-28(17(22)3)21-11-7-19(24)8-12-21/h1,5-12H,13-15H2,2-3H3. The van der Waals surface area contributed by atoms with Gasteiger partial charge in [-0.1, -0.05) is 29.7 Å². The zero-order valence-corrected chi connectivity index (χ0v) is 17.1. The first-order chi connectivity index (χ1) is 13.9. The monoisotopic (exact) mass is 409 g/mol. The summed E-state index contributed by atoms with van der Waals surface area (Å²) in [5.41, 5.74) is 4.24. The lowest BCUT2D eigenvalue weighted by molar-refractivity contribution is -0.130. The van der Waals surface area contributed by atoms with E-state index in [0.717, 1.165) is 28.2 Å². The van der Waals surface area contributed by atoms with E-state index in [0.29, 0.717) is 11.6 Å². The van der Waals surface area contributed by atoms with Crippen molar-refractivity contribution in [1.82, 2.24) is 14.7 Å². The van der Waals surface area contributed by atoms with Crippen LogP contribution in [0.15, 0.2) is 48.5 Å². The number of aryl methyl sites for hydroxylation is 1. The van der Waals surface area contributed by atoms with Gasteiger partial charge in [0, 0.05) is 22.8 Å². The van der Waals surface area contributed by atoms with Gasteiger partial charge in [-0.05, 0) is 55.8 Å². The first-order valence-electron chi connectivity index (χ1n) is 9.15. The molecule has 0 aliphatic carbocycles. The van der Waals surface area contributed by atoms with Crippen molar-refractivity contribution in [2.75, 3.05) is 6.54 Å². The van der Waals surface area contributed by atoms with E-state index in [1.165, 1.54) is 12.1 Å². The highest BCUT2D eigenvalue weighted by Crippen LogP contribution is 2.21. The maximum Gasteiger partial charge on any atom is 0.228 e. The summed E-state index contributed by atoms with van der Waals surface area (Å²) in [4.78, 5) is 14.6. The van der Waals surface area contributed by atoms with Gasteiger partial charge in [-0.15, -0.1) is 6.42 Å². The summed E-state index contributed by atoms with van der Waals surface area (Å²) in [5, 5.41) is 5.23. The minimum Gasteiger partial charge on any atom is -0.327 e. The summed E-state index contributed by atoms with van der Waals surface area (Å²) in [5.74, 6) is 2.11. The molecule has 0 spiro atoms. The van der Waals surface area contributed by atoms with Crippen LogP contribution < -0.4 is 0 Å². The first kappa shape index (κ1) is 20.6. The number of carbonyl (C=O) groups excluding carboxylic acids is 1. The molecule has 2 aromatic carbocycles. The summed E-state index contributed by atoms with van der Waals surface area (Å²) in [6.07, 6.45) is 5.65. The van der Waals surface area contributed by atoms with Gasteiger partial charge in [-0.2, -0.15) is 5.10 Å². The number of halogens is 2. The van der Waals surface area contributed by atoms with E-state index in [2.05, 4.69) is 11.0 Å². The molecule has 0 aliphatic rings. The van der Waals surface area contributed by atoms with Gasteiger partial charge in [0.2, 0.25) is 5.91 Å².